The van der Waals surface area contributed by atoms with Gasteiger partial charge in [0.2, 0.25) is 6.79 Å². The van der Waals surface area contributed by atoms with E-state index in [0.717, 1.165) is 12.0 Å². The van der Waals surface area contributed by atoms with Gasteiger partial charge in [-0.3, -0.25) is 0 Å². The highest BCUT2D eigenvalue weighted by Crippen LogP contribution is 2.34. The SMILES string of the molecule is COCCCOCC(O)c1ccc2c(c1)OCO2. The van der Waals surface area contributed by atoms with Crippen LogP contribution in [0.25, 0.3) is 0 Å². The number of aliphatic hydroxyl groups is 1. The van der Waals surface area contributed by atoms with Crippen LogP contribution < -0.4 is 9.47 Å². The number of aliphatic hydroxyl groups excluding tert-OH is 1. The van der Waals surface area contributed by atoms with E-state index in [4.69, 9.17) is 18.9 Å². The molecule has 0 spiro atoms. The molecular weight excluding hydrogens is 236 g/mol. The summed E-state index contributed by atoms with van der Waals surface area (Å²) >= 11 is 0. The number of hydrogen-bond acceptors (Lipinski definition) is 5. The molecule has 0 radical (unpaired) electrons. The summed E-state index contributed by atoms with van der Waals surface area (Å²) < 4.78 is 20.7. The lowest BCUT2D eigenvalue weighted by Crippen LogP contribution is -2.09. The fourth-order valence-corrected chi connectivity index (χ4v) is 1.72. The third-order valence-corrected chi connectivity index (χ3v) is 2.69. The second-order valence-corrected chi connectivity index (χ2v) is 4.05. The van der Waals surface area contributed by atoms with E-state index in [2.05, 4.69) is 0 Å². The van der Waals surface area contributed by atoms with Crippen LogP contribution in [0.1, 0.15) is 18.1 Å². The highest BCUT2D eigenvalue weighted by atomic mass is 16.7. The molecule has 0 saturated carbocycles. The summed E-state index contributed by atoms with van der Waals surface area (Å²) in [4.78, 5) is 0. The van der Waals surface area contributed by atoms with E-state index >= 15 is 0 Å². The quantitative estimate of drug-likeness (QED) is 0.747. The number of hydrogen-bond donors (Lipinski definition) is 1. The molecular formula is C13H18O5. The van der Waals surface area contributed by atoms with Crippen molar-refractivity contribution in [3.8, 4) is 11.5 Å². The highest BCUT2D eigenvalue weighted by Gasteiger charge is 2.16. The van der Waals surface area contributed by atoms with Crippen LogP contribution in [-0.4, -0.2) is 38.8 Å². The lowest BCUT2D eigenvalue weighted by atomic mass is 10.1. The minimum atomic E-state index is -0.651. The van der Waals surface area contributed by atoms with Crippen LogP contribution in [0.4, 0.5) is 0 Å². The summed E-state index contributed by atoms with van der Waals surface area (Å²) in [6.45, 7) is 1.75. The molecule has 1 aliphatic heterocycles. The van der Waals surface area contributed by atoms with Crippen molar-refractivity contribution in [2.75, 3.05) is 33.7 Å². The third-order valence-electron chi connectivity index (χ3n) is 2.69. The lowest BCUT2D eigenvalue weighted by molar-refractivity contribution is 0.0278. The Bertz CT molecular complexity index is 380. The summed E-state index contributed by atoms with van der Waals surface area (Å²) in [6, 6.07) is 5.40. The average molecular weight is 254 g/mol. The largest absolute Gasteiger partial charge is 0.454 e. The molecule has 1 aromatic rings. The zero-order chi connectivity index (χ0) is 12.8. The van der Waals surface area contributed by atoms with Gasteiger partial charge in [0.1, 0.15) is 6.10 Å². The van der Waals surface area contributed by atoms with E-state index < -0.39 is 6.10 Å². The van der Waals surface area contributed by atoms with Crippen LogP contribution in [0.3, 0.4) is 0 Å². The number of fused-ring (bicyclic) bond motifs is 1. The minimum absolute atomic E-state index is 0.238. The fourth-order valence-electron chi connectivity index (χ4n) is 1.72. The standard InChI is InChI=1S/C13H18O5/c1-15-5-2-6-16-8-11(14)10-3-4-12-13(7-10)18-9-17-12/h3-4,7,11,14H,2,5-6,8-9H2,1H3. The molecule has 0 aromatic heterocycles. The second kappa shape index (κ2) is 6.58. The molecule has 18 heavy (non-hydrogen) atoms. The summed E-state index contributed by atoms with van der Waals surface area (Å²) in [7, 11) is 1.65. The Morgan fingerprint density at radius 2 is 2.11 bits per heavy atom. The molecule has 1 atom stereocenters. The van der Waals surface area contributed by atoms with Gasteiger partial charge in [0.25, 0.3) is 0 Å². The first-order chi connectivity index (χ1) is 8.81. The summed E-state index contributed by atoms with van der Waals surface area (Å²) in [6.07, 6.45) is 0.173. The lowest BCUT2D eigenvalue weighted by Gasteiger charge is -2.12. The van der Waals surface area contributed by atoms with Crippen molar-refractivity contribution in [1.29, 1.82) is 0 Å². The molecule has 0 aliphatic carbocycles. The molecule has 5 heteroatoms. The molecule has 0 saturated heterocycles. The first-order valence-corrected chi connectivity index (χ1v) is 5.95. The van der Waals surface area contributed by atoms with Gasteiger partial charge in [0.05, 0.1) is 6.61 Å². The Morgan fingerprint density at radius 1 is 1.28 bits per heavy atom. The van der Waals surface area contributed by atoms with Gasteiger partial charge in [0.15, 0.2) is 11.5 Å². The molecule has 2 rings (SSSR count). The first-order valence-electron chi connectivity index (χ1n) is 5.95. The van der Waals surface area contributed by atoms with Crippen LogP contribution in [-0.2, 0) is 9.47 Å². The molecule has 0 amide bonds. The van der Waals surface area contributed by atoms with Crippen molar-refractivity contribution in [2.24, 2.45) is 0 Å². The van der Waals surface area contributed by atoms with Gasteiger partial charge in [-0.25, -0.2) is 0 Å². The molecule has 1 unspecified atom stereocenters. The number of methoxy groups -OCH3 is 1. The molecule has 0 fully saturated rings. The van der Waals surface area contributed by atoms with Gasteiger partial charge in [-0.05, 0) is 24.1 Å². The monoisotopic (exact) mass is 254 g/mol. The van der Waals surface area contributed by atoms with Crippen molar-refractivity contribution in [3.05, 3.63) is 23.8 Å². The van der Waals surface area contributed by atoms with Gasteiger partial charge in [-0.15, -0.1) is 0 Å². The van der Waals surface area contributed by atoms with E-state index in [0.29, 0.717) is 24.7 Å². The van der Waals surface area contributed by atoms with Crippen LogP contribution in [0, 0.1) is 0 Å². The topological polar surface area (TPSA) is 57.2 Å². The maximum atomic E-state index is 9.96. The number of rotatable bonds is 7. The van der Waals surface area contributed by atoms with Gasteiger partial charge in [0, 0.05) is 20.3 Å². The van der Waals surface area contributed by atoms with Crippen LogP contribution in [0.15, 0.2) is 18.2 Å². The highest BCUT2D eigenvalue weighted by molar-refractivity contribution is 5.45. The average Bonchev–Trinajstić information content (AvgIpc) is 2.85. The summed E-state index contributed by atoms with van der Waals surface area (Å²) in [5.74, 6) is 1.39. The molecule has 1 N–H and O–H groups in total. The first kappa shape index (κ1) is 13.1. The van der Waals surface area contributed by atoms with Crippen LogP contribution >= 0.6 is 0 Å². The van der Waals surface area contributed by atoms with Gasteiger partial charge < -0.3 is 24.1 Å². The molecule has 1 aliphatic rings. The van der Waals surface area contributed by atoms with E-state index in [1.54, 1.807) is 19.2 Å². The van der Waals surface area contributed by atoms with Crippen molar-refractivity contribution < 1.29 is 24.1 Å². The Labute approximate surface area is 106 Å². The zero-order valence-corrected chi connectivity index (χ0v) is 10.4. The predicted molar refractivity (Wildman–Crippen MR) is 64.8 cm³/mol. The van der Waals surface area contributed by atoms with Crippen LogP contribution in [0.2, 0.25) is 0 Å². The number of ether oxygens (including phenoxy) is 4. The second-order valence-electron chi connectivity index (χ2n) is 4.05. The van der Waals surface area contributed by atoms with Crippen molar-refractivity contribution in [2.45, 2.75) is 12.5 Å². The maximum absolute atomic E-state index is 9.96. The van der Waals surface area contributed by atoms with Crippen molar-refractivity contribution in [1.82, 2.24) is 0 Å². The Kier molecular flexibility index (Phi) is 4.81. The van der Waals surface area contributed by atoms with Crippen molar-refractivity contribution >= 4 is 0 Å². The summed E-state index contributed by atoms with van der Waals surface area (Å²) in [5.41, 5.74) is 0.769. The predicted octanol–water partition coefficient (Wildman–Crippen LogP) is 1.50. The van der Waals surface area contributed by atoms with E-state index in [9.17, 15) is 5.11 Å². The normalized spacial score (nSPS) is 14.8. The molecule has 1 aromatic carbocycles. The van der Waals surface area contributed by atoms with Crippen molar-refractivity contribution in [3.63, 3.8) is 0 Å². The Hall–Kier alpha value is -1.30. The smallest absolute Gasteiger partial charge is 0.231 e. The third kappa shape index (κ3) is 3.35. The van der Waals surface area contributed by atoms with Gasteiger partial charge in [-0.1, -0.05) is 6.07 Å². The van der Waals surface area contributed by atoms with Gasteiger partial charge >= 0.3 is 0 Å². The van der Waals surface area contributed by atoms with Gasteiger partial charge in [-0.2, -0.15) is 0 Å². The van der Waals surface area contributed by atoms with E-state index in [1.165, 1.54) is 0 Å². The molecule has 0 bridgehead atoms. The number of benzene rings is 1. The van der Waals surface area contributed by atoms with E-state index in [1.807, 2.05) is 6.07 Å². The maximum Gasteiger partial charge on any atom is 0.231 e. The zero-order valence-electron chi connectivity index (χ0n) is 10.4. The van der Waals surface area contributed by atoms with Crippen LogP contribution in [0.5, 0.6) is 11.5 Å². The Balaban J connectivity index is 1.80. The summed E-state index contributed by atoms with van der Waals surface area (Å²) in [5, 5.41) is 9.96. The molecule has 5 nitrogen and oxygen atoms in total. The Morgan fingerprint density at radius 3 is 2.94 bits per heavy atom. The molecule has 100 valence electrons. The fraction of sp³-hybridized carbons (Fsp3) is 0.538. The van der Waals surface area contributed by atoms with E-state index in [-0.39, 0.29) is 13.4 Å². The minimum Gasteiger partial charge on any atom is -0.454 e. The molecule has 1 heterocycles.